The van der Waals surface area contributed by atoms with Crippen LogP contribution in [0.4, 0.5) is 0 Å². The van der Waals surface area contributed by atoms with Gasteiger partial charge in [-0.3, -0.25) is 9.69 Å². The van der Waals surface area contributed by atoms with E-state index in [1.54, 1.807) is 4.90 Å². The summed E-state index contributed by atoms with van der Waals surface area (Å²) in [5.74, 6) is 1.00. The van der Waals surface area contributed by atoms with Crippen molar-refractivity contribution < 1.29 is 14.3 Å². The fraction of sp³-hybridized carbons (Fsp3) is 0.417. The van der Waals surface area contributed by atoms with Crippen LogP contribution in [-0.2, 0) is 4.79 Å². The van der Waals surface area contributed by atoms with Gasteiger partial charge in [0, 0.05) is 0 Å². The van der Waals surface area contributed by atoms with Crippen LogP contribution < -0.4 is 15.2 Å². The summed E-state index contributed by atoms with van der Waals surface area (Å²) in [6, 6.07) is 3.24. The van der Waals surface area contributed by atoms with Gasteiger partial charge in [0.2, 0.25) is 12.7 Å². The van der Waals surface area contributed by atoms with Crippen molar-refractivity contribution in [2.24, 2.45) is 5.73 Å². The Morgan fingerprint density at radius 3 is 2.47 bits per heavy atom. The molecule has 1 atom stereocenters. The first-order valence-electron chi connectivity index (χ1n) is 5.36. The van der Waals surface area contributed by atoms with Crippen LogP contribution >= 0.6 is 0 Å². The van der Waals surface area contributed by atoms with Crippen LogP contribution in [0.15, 0.2) is 12.1 Å². The van der Waals surface area contributed by atoms with Crippen molar-refractivity contribution in [1.29, 1.82) is 0 Å². The lowest BCUT2D eigenvalue weighted by atomic mass is 9.99. The maximum atomic E-state index is 11.5. The van der Waals surface area contributed by atoms with Crippen LogP contribution in [0.2, 0.25) is 0 Å². The van der Waals surface area contributed by atoms with Crippen LogP contribution in [0.3, 0.4) is 0 Å². The van der Waals surface area contributed by atoms with Crippen LogP contribution in [0.5, 0.6) is 11.5 Å². The van der Waals surface area contributed by atoms with Crippen LogP contribution in [-0.4, -0.2) is 31.7 Å². The molecule has 0 radical (unpaired) electrons. The van der Waals surface area contributed by atoms with Crippen LogP contribution in [0.25, 0.3) is 0 Å². The predicted octanol–water partition coefficient (Wildman–Crippen LogP) is 0.812. The third-order valence-corrected chi connectivity index (χ3v) is 2.84. The molecule has 0 spiro atoms. The minimum absolute atomic E-state index is 0.224. The zero-order valence-electron chi connectivity index (χ0n) is 10.2. The Morgan fingerprint density at radius 1 is 1.35 bits per heavy atom. The summed E-state index contributed by atoms with van der Waals surface area (Å²) in [5, 5.41) is 0. The highest BCUT2D eigenvalue weighted by Crippen LogP contribution is 2.37. The van der Waals surface area contributed by atoms with E-state index >= 15 is 0 Å². The topological polar surface area (TPSA) is 64.8 Å². The first kappa shape index (κ1) is 11.7. The van der Waals surface area contributed by atoms with Gasteiger partial charge in [-0.15, -0.1) is 0 Å². The number of rotatable bonds is 3. The molecule has 1 heterocycles. The second-order valence-corrected chi connectivity index (χ2v) is 4.33. The number of carbonyl (C=O) groups is 1. The fourth-order valence-electron chi connectivity index (χ4n) is 2.04. The summed E-state index contributed by atoms with van der Waals surface area (Å²) >= 11 is 0. The van der Waals surface area contributed by atoms with Crippen molar-refractivity contribution in [1.82, 2.24) is 4.90 Å². The molecule has 1 aliphatic rings. The Morgan fingerprint density at radius 2 is 1.94 bits per heavy atom. The summed E-state index contributed by atoms with van der Waals surface area (Å²) < 4.78 is 10.6. The number of carbonyl (C=O) groups excluding carboxylic acids is 1. The standard InChI is InChI=1S/C12H16N2O3/c1-7-4-9-10(17-6-16-9)5-8(7)11(12(13)15)14(2)3/h4-5,11H,6H2,1-3H3,(H2,13,15). The van der Waals surface area contributed by atoms with Crippen LogP contribution in [0.1, 0.15) is 17.2 Å². The highest BCUT2D eigenvalue weighted by Gasteiger charge is 2.25. The largest absolute Gasteiger partial charge is 0.454 e. The van der Waals surface area contributed by atoms with Gasteiger partial charge in [0.15, 0.2) is 11.5 Å². The molecule has 0 saturated heterocycles. The molecule has 5 heteroatoms. The molecule has 1 aliphatic heterocycles. The number of likely N-dealkylation sites (N-methyl/N-ethyl adjacent to an activating group) is 1. The molecule has 0 aliphatic carbocycles. The van der Waals surface area contributed by atoms with E-state index in [4.69, 9.17) is 15.2 Å². The van der Waals surface area contributed by atoms with E-state index in [1.807, 2.05) is 33.2 Å². The Labute approximate surface area is 100 Å². The van der Waals surface area contributed by atoms with Gasteiger partial charge in [-0.1, -0.05) is 0 Å². The molecule has 0 fully saturated rings. The minimum Gasteiger partial charge on any atom is -0.454 e. The van der Waals surface area contributed by atoms with E-state index in [0.717, 1.165) is 11.1 Å². The Balaban J connectivity index is 2.47. The van der Waals surface area contributed by atoms with Crippen molar-refractivity contribution in [3.05, 3.63) is 23.3 Å². The molecule has 17 heavy (non-hydrogen) atoms. The molecule has 92 valence electrons. The molecule has 1 aromatic carbocycles. The van der Waals surface area contributed by atoms with E-state index < -0.39 is 6.04 Å². The second-order valence-electron chi connectivity index (χ2n) is 4.33. The SMILES string of the molecule is Cc1cc2c(cc1C(C(N)=O)N(C)C)OCO2. The fourth-order valence-corrected chi connectivity index (χ4v) is 2.04. The van der Waals surface area contributed by atoms with Gasteiger partial charge in [0.05, 0.1) is 0 Å². The second kappa shape index (κ2) is 4.25. The minimum atomic E-state index is -0.454. The number of hydrogen-bond acceptors (Lipinski definition) is 4. The van der Waals surface area contributed by atoms with Crippen molar-refractivity contribution >= 4 is 5.91 Å². The van der Waals surface area contributed by atoms with Gasteiger partial charge in [-0.05, 0) is 44.3 Å². The summed E-state index contributed by atoms with van der Waals surface area (Å²) in [7, 11) is 3.64. The number of nitrogens with two attached hydrogens (primary N) is 1. The molecular weight excluding hydrogens is 220 g/mol. The lowest BCUT2D eigenvalue weighted by Gasteiger charge is -2.23. The lowest BCUT2D eigenvalue weighted by molar-refractivity contribution is -0.122. The molecular formula is C12H16N2O3. The van der Waals surface area contributed by atoms with Gasteiger partial charge >= 0.3 is 0 Å². The highest BCUT2D eigenvalue weighted by atomic mass is 16.7. The number of primary amides is 1. The summed E-state index contributed by atoms with van der Waals surface area (Å²) in [6.07, 6.45) is 0. The third kappa shape index (κ3) is 2.06. The van der Waals surface area contributed by atoms with Gasteiger partial charge in [-0.2, -0.15) is 0 Å². The van der Waals surface area contributed by atoms with E-state index in [2.05, 4.69) is 0 Å². The molecule has 2 N–H and O–H groups in total. The summed E-state index contributed by atoms with van der Waals surface area (Å²) in [4.78, 5) is 13.3. The maximum Gasteiger partial charge on any atom is 0.239 e. The predicted molar refractivity (Wildman–Crippen MR) is 62.9 cm³/mol. The Hall–Kier alpha value is -1.75. The first-order chi connectivity index (χ1) is 8.00. The number of fused-ring (bicyclic) bond motifs is 1. The first-order valence-corrected chi connectivity index (χ1v) is 5.36. The molecule has 1 amide bonds. The van der Waals surface area contributed by atoms with Crippen molar-refractivity contribution in [2.45, 2.75) is 13.0 Å². The molecule has 0 bridgehead atoms. The van der Waals surface area contributed by atoms with Gasteiger partial charge in [0.1, 0.15) is 6.04 Å². The number of benzene rings is 1. The molecule has 1 aromatic rings. The molecule has 1 unspecified atom stereocenters. The average molecular weight is 236 g/mol. The van der Waals surface area contributed by atoms with Crippen molar-refractivity contribution in [3.8, 4) is 11.5 Å². The molecule has 2 rings (SSSR count). The lowest BCUT2D eigenvalue weighted by Crippen LogP contribution is -2.33. The number of ether oxygens (including phenoxy) is 2. The molecule has 0 aromatic heterocycles. The quantitative estimate of drug-likeness (QED) is 0.843. The zero-order chi connectivity index (χ0) is 12.6. The number of hydrogen-bond donors (Lipinski definition) is 1. The maximum absolute atomic E-state index is 11.5. The van der Waals surface area contributed by atoms with Crippen LogP contribution in [0, 0.1) is 6.92 Å². The third-order valence-electron chi connectivity index (χ3n) is 2.84. The normalized spacial score (nSPS) is 15.1. The highest BCUT2D eigenvalue weighted by molar-refractivity contribution is 5.82. The monoisotopic (exact) mass is 236 g/mol. The summed E-state index contributed by atoms with van der Waals surface area (Å²) in [6.45, 7) is 2.15. The van der Waals surface area contributed by atoms with Crippen molar-refractivity contribution in [2.75, 3.05) is 20.9 Å². The summed E-state index contributed by atoms with van der Waals surface area (Å²) in [5.41, 5.74) is 7.25. The zero-order valence-corrected chi connectivity index (χ0v) is 10.2. The Kier molecular flexibility index (Phi) is 2.93. The molecule has 5 nitrogen and oxygen atoms in total. The van der Waals surface area contributed by atoms with E-state index in [1.165, 1.54) is 0 Å². The molecule has 0 saturated carbocycles. The smallest absolute Gasteiger partial charge is 0.239 e. The van der Waals surface area contributed by atoms with E-state index in [0.29, 0.717) is 11.5 Å². The number of aryl methyl sites for hydroxylation is 1. The van der Waals surface area contributed by atoms with Gasteiger partial charge in [-0.25, -0.2) is 0 Å². The van der Waals surface area contributed by atoms with E-state index in [-0.39, 0.29) is 12.7 Å². The number of nitrogens with zero attached hydrogens (tertiary/aromatic N) is 1. The average Bonchev–Trinajstić information content (AvgIpc) is 2.64. The van der Waals surface area contributed by atoms with Gasteiger partial charge < -0.3 is 15.2 Å². The van der Waals surface area contributed by atoms with Crippen molar-refractivity contribution in [3.63, 3.8) is 0 Å². The Bertz CT molecular complexity index is 457. The number of amides is 1. The van der Waals surface area contributed by atoms with Gasteiger partial charge in [0.25, 0.3) is 0 Å². The van der Waals surface area contributed by atoms with E-state index in [9.17, 15) is 4.79 Å².